The zero-order chi connectivity index (χ0) is 21.9. The van der Waals surface area contributed by atoms with Gasteiger partial charge in [0.15, 0.2) is 0 Å². The highest BCUT2D eigenvalue weighted by Crippen LogP contribution is 2.32. The number of nitrogen functional groups attached to an aromatic ring is 1. The largest absolute Gasteiger partial charge is 0.383 e. The molecule has 10 heteroatoms. The molecule has 0 unspecified atom stereocenters. The number of hydrogen-bond acceptors (Lipinski definition) is 6. The third kappa shape index (κ3) is 4.60. The van der Waals surface area contributed by atoms with E-state index >= 15 is 0 Å². The summed E-state index contributed by atoms with van der Waals surface area (Å²) in [6.45, 7) is 2.17. The van der Waals surface area contributed by atoms with Gasteiger partial charge in [-0.25, -0.2) is 18.1 Å². The average Bonchev–Trinajstić information content (AvgIpc) is 2.76. The first kappa shape index (κ1) is 21.7. The molecule has 4 N–H and O–H groups in total. The highest BCUT2D eigenvalue weighted by atomic mass is 32.2. The molecule has 1 fully saturated rings. The summed E-state index contributed by atoms with van der Waals surface area (Å²) in [5.74, 6) is -1.09. The molecule has 0 spiro atoms. The number of nitrogens with zero attached hydrogens (tertiary/aromatic N) is 2. The number of aromatic nitrogens is 1. The van der Waals surface area contributed by atoms with Crippen LogP contribution in [0.2, 0.25) is 0 Å². The summed E-state index contributed by atoms with van der Waals surface area (Å²) in [7, 11) is -2.27. The summed E-state index contributed by atoms with van der Waals surface area (Å²) in [4.78, 5) is 31.1. The predicted octanol–water partition coefficient (Wildman–Crippen LogP) is 1.57. The van der Waals surface area contributed by atoms with E-state index in [1.54, 1.807) is 31.2 Å². The van der Waals surface area contributed by atoms with Crippen LogP contribution >= 0.6 is 0 Å². The van der Waals surface area contributed by atoms with Crippen molar-refractivity contribution >= 4 is 33.3 Å². The first-order valence-corrected chi connectivity index (χ1v) is 11.1. The van der Waals surface area contributed by atoms with Gasteiger partial charge in [0.2, 0.25) is 10.0 Å². The third-order valence-electron chi connectivity index (χ3n) is 5.16. The van der Waals surface area contributed by atoms with E-state index < -0.39 is 21.8 Å². The molecule has 1 saturated heterocycles. The Morgan fingerprint density at radius 2 is 2.00 bits per heavy atom. The summed E-state index contributed by atoms with van der Waals surface area (Å²) in [6, 6.07) is 7.72. The van der Waals surface area contributed by atoms with Gasteiger partial charge in [-0.2, -0.15) is 0 Å². The first-order chi connectivity index (χ1) is 14.2. The van der Waals surface area contributed by atoms with Crippen LogP contribution in [-0.4, -0.2) is 43.7 Å². The fraction of sp³-hybridized carbons (Fsp3) is 0.350. The van der Waals surface area contributed by atoms with Gasteiger partial charge in [-0.3, -0.25) is 9.59 Å². The van der Waals surface area contributed by atoms with E-state index in [-0.39, 0.29) is 10.9 Å². The van der Waals surface area contributed by atoms with E-state index in [4.69, 9.17) is 5.73 Å². The van der Waals surface area contributed by atoms with Crippen LogP contribution in [-0.2, 0) is 19.6 Å². The third-order valence-corrected chi connectivity index (χ3v) is 6.57. The molecule has 1 aromatic carbocycles. The van der Waals surface area contributed by atoms with Crippen molar-refractivity contribution in [1.29, 1.82) is 0 Å². The van der Waals surface area contributed by atoms with Crippen LogP contribution < -0.4 is 15.8 Å². The first-order valence-electron chi connectivity index (χ1n) is 9.60. The lowest BCUT2D eigenvalue weighted by molar-refractivity contribution is -0.145. The van der Waals surface area contributed by atoms with Gasteiger partial charge >= 0.3 is 11.8 Å². The van der Waals surface area contributed by atoms with E-state index in [9.17, 15) is 18.0 Å². The molecule has 9 nitrogen and oxygen atoms in total. The molecule has 3 rings (SSSR count). The van der Waals surface area contributed by atoms with Gasteiger partial charge in [-0.15, -0.1) is 0 Å². The number of anilines is 2. The van der Waals surface area contributed by atoms with Gasteiger partial charge in [0.05, 0.1) is 22.8 Å². The lowest BCUT2D eigenvalue weighted by Gasteiger charge is -2.35. The highest BCUT2D eigenvalue weighted by Gasteiger charge is 2.32. The summed E-state index contributed by atoms with van der Waals surface area (Å²) in [5.41, 5.74) is 7.44. The lowest BCUT2D eigenvalue weighted by atomic mass is 9.95. The summed E-state index contributed by atoms with van der Waals surface area (Å²) in [5, 5.41) is 2.57. The van der Waals surface area contributed by atoms with E-state index in [1.807, 2.05) is 0 Å². The Labute approximate surface area is 175 Å². The van der Waals surface area contributed by atoms with E-state index in [1.165, 1.54) is 24.2 Å². The molecule has 160 valence electrons. The maximum atomic E-state index is 12.9. The molecule has 2 amide bonds. The zero-order valence-electron chi connectivity index (χ0n) is 16.9. The van der Waals surface area contributed by atoms with Crippen molar-refractivity contribution in [2.24, 2.45) is 0 Å². The van der Waals surface area contributed by atoms with Crippen molar-refractivity contribution < 1.29 is 18.0 Å². The zero-order valence-corrected chi connectivity index (χ0v) is 17.7. The van der Waals surface area contributed by atoms with Crippen molar-refractivity contribution in [2.45, 2.75) is 37.1 Å². The van der Waals surface area contributed by atoms with Gasteiger partial charge < -0.3 is 16.0 Å². The molecule has 1 aliphatic rings. The second-order valence-corrected chi connectivity index (χ2v) is 9.06. The number of piperidine rings is 1. The molecule has 2 heterocycles. The minimum atomic E-state index is -3.61. The molecule has 0 aliphatic carbocycles. The summed E-state index contributed by atoms with van der Waals surface area (Å²) >= 11 is 0. The molecular formula is C20H25N5O4S. The van der Waals surface area contributed by atoms with Crippen molar-refractivity contribution in [1.82, 2.24) is 14.6 Å². The monoisotopic (exact) mass is 431 g/mol. The molecule has 1 aliphatic heterocycles. The topological polar surface area (TPSA) is 134 Å². The van der Waals surface area contributed by atoms with E-state index in [0.29, 0.717) is 35.6 Å². The predicted molar refractivity (Wildman–Crippen MR) is 113 cm³/mol. The van der Waals surface area contributed by atoms with Crippen LogP contribution in [0.15, 0.2) is 41.4 Å². The number of aryl methyl sites for hydroxylation is 1. The fourth-order valence-electron chi connectivity index (χ4n) is 3.50. The quantitative estimate of drug-likeness (QED) is 0.629. The molecule has 1 aromatic heterocycles. The maximum Gasteiger partial charge on any atom is 0.313 e. The lowest BCUT2D eigenvalue weighted by Crippen LogP contribution is -2.44. The SMILES string of the molecule is CNS(=O)(=O)c1cccc([C@@H]2CCCCN2C(=O)C(=O)Nc2cnc(N)c(C)c2)c1. The molecule has 0 bridgehead atoms. The summed E-state index contributed by atoms with van der Waals surface area (Å²) < 4.78 is 26.6. The number of nitrogens with two attached hydrogens (primary N) is 1. The van der Waals surface area contributed by atoms with Gasteiger partial charge in [-0.05, 0) is 62.6 Å². The van der Waals surface area contributed by atoms with Crippen LogP contribution in [0.4, 0.5) is 11.5 Å². The minimum Gasteiger partial charge on any atom is -0.383 e. The van der Waals surface area contributed by atoms with E-state index in [2.05, 4.69) is 15.0 Å². The molecule has 0 radical (unpaired) electrons. The summed E-state index contributed by atoms with van der Waals surface area (Å²) in [6.07, 6.45) is 3.69. The van der Waals surface area contributed by atoms with Gasteiger partial charge in [-0.1, -0.05) is 12.1 Å². The number of carbonyl (C=O) groups excluding carboxylic acids is 2. The second-order valence-electron chi connectivity index (χ2n) is 7.17. The van der Waals surface area contributed by atoms with Crippen LogP contribution in [0.1, 0.15) is 36.4 Å². The standard InChI is InChI=1S/C20H25N5O4S/c1-13-10-15(12-23-18(13)21)24-19(26)20(27)25-9-4-3-8-17(25)14-6-5-7-16(11-14)30(28,29)22-2/h5-7,10-12,17,22H,3-4,8-9H2,1-2H3,(H2,21,23)(H,24,26)/t17-/m0/s1. The smallest absolute Gasteiger partial charge is 0.313 e. The van der Waals surface area contributed by atoms with Gasteiger partial charge in [0.25, 0.3) is 0 Å². The molecule has 30 heavy (non-hydrogen) atoms. The molecule has 1 atom stereocenters. The molecule has 0 saturated carbocycles. The Kier molecular flexibility index (Phi) is 6.37. The average molecular weight is 432 g/mol. The molecular weight excluding hydrogens is 406 g/mol. The normalized spacial score (nSPS) is 16.9. The molecule has 2 aromatic rings. The second kappa shape index (κ2) is 8.80. The number of rotatable bonds is 4. The Morgan fingerprint density at radius 1 is 1.23 bits per heavy atom. The Balaban J connectivity index is 1.83. The van der Waals surface area contributed by atoms with Gasteiger partial charge in [0.1, 0.15) is 5.82 Å². The van der Waals surface area contributed by atoms with Crippen molar-refractivity contribution in [3.05, 3.63) is 47.7 Å². The maximum absolute atomic E-state index is 12.9. The van der Waals surface area contributed by atoms with Gasteiger partial charge in [0, 0.05) is 6.54 Å². The minimum absolute atomic E-state index is 0.119. The van der Waals surface area contributed by atoms with Crippen LogP contribution in [0.3, 0.4) is 0 Å². The number of benzene rings is 1. The Morgan fingerprint density at radius 3 is 2.70 bits per heavy atom. The van der Waals surface area contributed by atoms with Crippen LogP contribution in [0, 0.1) is 6.92 Å². The Hall–Kier alpha value is -2.98. The number of carbonyl (C=O) groups is 2. The highest BCUT2D eigenvalue weighted by molar-refractivity contribution is 7.89. The van der Waals surface area contributed by atoms with Crippen molar-refractivity contribution in [2.75, 3.05) is 24.6 Å². The number of amides is 2. The number of pyridine rings is 1. The fourth-order valence-corrected chi connectivity index (χ4v) is 4.28. The van der Waals surface area contributed by atoms with Crippen LogP contribution in [0.5, 0.6) is 0 Å². The van der Waals surface area contributed by atoms with Crippen molar-refractivity contribution in [3.63, 3.8) is 0 Å². The van der Waals surface area contributed by atoms with Crippen molar-refractivity contribution in [3.8, 4) is 0 Å². The number of sulfonamides is 1. The van der Waals surface area contributed by atoms with Crippen LogP contribution in [0.25, 0.3) is 0 Å². The number of likely N-dealkylation sites (tertiary alicyclic amines) is 1. The number of hydrogen-bond donors (Lipinski definition) is 3. The number of nitrogens with one attached hydrogen (secondary N) is 2. The van der Waals surface area contributed by atoms with E-state index in [0.717, 1.165) is 12.8 Å². The Bertz CT molecular complexity index is 1070.